The molecule has 0 aromatic heterocycles. The van der Waals surface area contributed by atoms with E-state index in [4.69, 9.17) is 5.73 Å². The van der Waals surface area contributed by atoms with E-state index in [1.54, 1.807) is 11.9 Å². The highest BCUT2D eigenvalue weighted by Crippen LogP contribution is 2.11. The van der Waals surface area contributed by atoms with Gasteiger partial charge >= 0.3 is 6.03 Å². The van der Waals surface area contributed by atoms with E-state index in [-0.39, 0.29) is 11.6 Å². The van der Waals surface area contributed by atoms with Crippen molar-refractivity contribution in [1.82, 2.24) is 10.2 Å². The number of hydrogen-bond acceptors (Lipinski definition) is 2. The van der Waals surface area contributed by atoms with Crippen LogP contribution < -0.4 is 11.1 Å². The van der Waals surface area contributed by atoms with Gasteiger partial charge in [0.25, 0.3) is 0 Å². The fourth-order valence-corrected chi connectivity index (χ4v) is 1.65. The first-order valence-corrected chi connectivity index (χ1v) is 6.13. The Morgan fingerprint density at radius 2 is 1.83 bits per heavy atom. The Hall–Kier alpha value is -1.55. The number of nitrogens with two attached hydrogens (primary N) is 1. The second kappa shape index (κ2) is 5.87. The van der Waals surface area contributed by atoms with Crippen LogP contribution in [0.15, 0.2) is 24.3 Å². The predicted molar refractivity (Wildman–Crippen MR) is 74.1 cm³/mol. The lowest BCUT2D eigenvalue weighted by Gasteiger charge is -2.26. The summed E-state index contributed by atoms with van der Waals surface area (Å²) in [5.74, 6) is 0. The maximum absolute atomic E-state index is 11.9. The predicted octanol–water partition coefficient (Wildman–Crippen LogP) is 2.09. The molecular formula is C14H23N3O. The molecule has 0 atom stereocenters. The minimum Gasteiger partial charge on any atom is -0.333 e. The molecule has 4 heteroatoms. The minimum absolute atomic E-state index is 0.0747. The van der Waals surface area contributed by atoms with Crippen molar-refractivity contribution in [1.29, 1.82) is 0 Å². The van der Waals surface area contributed by atoms with E-state index in [2.05, 4.69) is 5.32 Å². The molecule has 100 valence electrons. The van der Waals surface area contributed by atoms with Gasteiger partial charge in [0.2, 0.25) is 0 Å². The Kier molecular flexibility index (Phi) is 4.73. The zero-order chi connectivity index (χ0) is 13.8. The van der Waals surface area contributed by atoms with Gasteiger partial charge < -0.3 is 16.0 Å². The molecule has 3 N–H and O–H groups in total. The molecule has 0 saturated heterocycles. The first-order valence-electron chi connectivity index (χ1n) is 6.13. The number of nitrogens with one attached hydrogen (secondary N) is 1. The van der Waals surface area contributed by atoms with Gasteiger partial charge in [0.15, 0.2) is 0 Å². The van der Waals surface area contributed by atoms with Crippen LogP contribution in [-0.4, -0.2) is 23.5 Å². The van der Waals surface area contributed by atoms with Crippen LogP contribution in [0, 0.1) is 0 Å². The van der Waals surface area contributed by atoms with E-state index >= 15 is 0 Å². The molecule has 0 aliphatic rings. The maximum Gasteiger partial charge on any atom is 0.317 e. The lowest BCUT2D eigenvalue weighted by Crippen LogP contribution is -2.46. The molecule has 1 aromatic rings. The third kappa shape index (κ3) is 4.37. The zero-order valence-corrected chi connectivity index (χ0v) is 11.7. The first kappa shape index (κ1) is 14.5. The highest BCUT2D eigenvalue weighted by molar-refractivity contribution is 5.74. The van der Waals surface area contributed by atoms with Gasteiger partial charge in [0.05, 0.1) is 0 Å². The number of hydrogen-bond donors (Lipinski definition) is 2. The Balaban J connectivity index is 2.69. The molecule has 0 aliphatic heterocycles. The summed E-state index contributed by atoms with van der Waals surface area (Å²) in [6.07, 6.45) is 0. The van der Waals surface area contributed by atoms with Crippen molar-refractivity contribution < 1.29 is 4.79 Å². The lowest BCUT2D eigenvalue weighted by atomic mass is 10.1. The highest BCUT2D eigenvalue weighted by Gasteiger charge is 2.17. The minimum atomic E-state index is -0.223. The normalized spacial score (nSPS) is 11.2. The first-order chi connectivity index (χ1) is 8.33. The second-order valence-corrected chi connectivity index (χ2v) is 5.51. The molecule has 4 nitrogen and oxygen atoms in total. The molecule has 0 saturated carbocycles. The van der Waals surface area contributed by atoms with Crippen LogP contribution in [-0.2, 0) is 13.1 Å². The molecule has 0 heterocycles. The highest BCUT2D eigenvalue weighted by atomic mass is 16.2. The van der Waals surface area contributed by atoms with Crippen molar-refractivity contribution in [3.8, 4) is 0 Å². The summed E-state index contributed by atoms with van der Waals surface area (Å²) in [5.41, 5.74) is 7.63. The standard InChI is InChI=1S/C14H23N3O/c1-14(2,3)16-13(18)17(4)10-12-8-6-5-7-11(12)9-15/h5-8H,9-10,15H2,1-4H3,(H,16,18). The molecule has 0 spiro atoms. The van der Waals surface area contributed by atoms with Crippen LogP contribution in [0.2, 0.25) is 0 Å². The molecule has 1 rings (SSSR count). The van der Waals surface area contributed by atoms with Crippen LogP contribution in [0.25, 0.3) is 0 Å². The van der Waals surface area contributed by atoms with E-state index in [1.165, 1.54) is 0 Å². The number of nitrogens with zero attached hydrogens (tertiary/aromatic N) is 1. The molecule has 0 fully saturated rings. The lowest BCUT2D eigenvalue weighted by molar-refractivity contribution is 0.197. The number of rotatable bonds is 3. The quantitative estimate of drug-likeness (QED) is 0.861. The number of urea groups is 1. The van der Waals surface area contributed by atoms with Crippen LogP contribution in [0.3, 0.4) is 0 Å². The fraction of sp³-hybridized carbons (Fsp3) is 0.500. The monoisotopic (exact) mass is 249 g/mol. The van der Waals surface area contributed by atoms with E-state index in [1.807, 2.05) is 45.0 Å². The van der Waals surface area contributed by atoms with Gasteiger partial charge in [-0.1, -0.05) is 24.3 Å². The average Bonchev–Trinajstić information content (AvgIpc) is 2.27. The second-order valence-electron chi connectivity index (χ2n) is 5.51. The number of amides is 2. The topological polar surface area (TPSA) is 58.4 Å². The molecule has 18 heavy (non-hydrogen) atoms. The third-order valence-corrected chi connectivity index (χ3v) is 2.57. The van der Waals surface area contributed by atoms with E-state index in [0.717, 1.165) is 11.1 Å². The van der Waals surface area contributed by atoms with Crippen LogP contribution >= 0.6 is 0 Å². The smallest absolute Gasteiger partial charge is 0.317 e. The van der Waals surface area contributed by atoms with Gasteiger partial charge in [-0.3, -0.25) is 0 Å². The summed E-state index contributed by atoms with van der Waals surface area (Å²) in [4.78, 5) is 13.6. The van der Waals surface area contributed by atoms with Gasteiger partial charge in [0.1, 0.15) is 0 Å². The van der Waals surface area contributed by atoms with Crippen LogP contribution in [0.1, 0.15) is 31.9 Å². The summed E-state index contributed by atoms with van der Waals surface area (Å²) < 4.78 is 0. The number of carbonyl (C=O) groups excluding carboxylic acids is 1. The van der Waals surface area contributed by atoms with Gasteiger partial charge in [0, 0.05) is 25.7 Å². The van der Waals surface area contributed by atoms with Crippen LogP contribution in [0.5, 0.6) is 0 Å². The summed E-state index contributed by atoms with van der Waals surface area (Å²) in [5, 5.41) is 2.93. The molecule has 0 aliphatic carbocycles. The van der Waals surface area contributed by atoms with Crippen molar-refractivity contribution in [2.24, 2.45) is 5.73 Å². The fourth-order valence-electron chi connectivity index (χ4n) is 1.65. The van der Waals surface area contributed by atoms with Gasteiger partial charge in [-0.25, -0.2) is 4.79 Å². The Labute approximate surface area is 109 Å². The van der Waals surface area contributed by atoms with Crippen molar-refractivity contribution in [3.05, 3.63) is 35.4 Å². The molecule has 0 unspecified atom stereocenters. The van der Waals surface area contributed by atoms with Crippen molar-refractivity contribution in [2.45, 2.75) is 39.4 Å². The van der Waals surface area contributed by atoms with Crippen molar-refractivity contribution >= 4 is 6.03 Å². The molecule has 2 amide bonds. The van der Waals surface area contributed by atoms with E-state index in [0.29, 0.717) is 13.1 Å². The van der Waals surface area contributed by atoms with Crippen molar-refractivity contribution in [2.75, 3.05) is 7.05 Å². The third-order valence-electron chi connectivity index (χ3n) is 2.57. The Morgan fingerprint density at radius 1 is 1.28 bits per heavy atom. The number of benzene rings is 1. The van der Waals surface area contributed by atoms with E-state index in [9.17, 15) is 4.79 Å². The van der Waals surface area contributed by atoms with E-state index < -0.39 is 0 Å². The summed E-state index contributed by atoms with van der Waals surface area (Å²) in [6.45, 7) is 6.95. The molecule has 0 radical (unpaired) electrons. The van der Waals surface area contributed by atoms with Gasteiger partial charge in [-0.05, 0) is 31.9 Å². The SMILES string of the molecule is CN(Cc1ccccc1CN)C(=O)NC(C)(C)C. The van der Waals surface area contributed by atoms with Gasteiger partial charge in [-0.15, -0.1) is 0 Å². The van der Waals surface area contributed by atoms with Crippen molar-refractivity contribution in [3.63, 3.8) is 0 Å². The van der Waals surface area contributed by atoms with Gasteiger partial charge in [-0.2, -0.15) is 0 Å². The Morgan fingerprint density at radius 3 is 2.33 bits per heavy atom. The molecule has 0 bridgehead atoms. The summed E-state index contributed by atoms with van der Waals surface area (Å²) in [7, 11) is 1.79. The largest absolute Gasteiger partial charge is 0.333 e. The van der Waals surface area contributed by atoms with Crippen LogP contribution in [0.4, 0.5) is 4.79 Å². The summed E-state index contributed by atoms with van der Waals surface area (Å²) >= 11 is 0. The summed E-state index contributed by atoms with van der Waals surface area (Å²) in [6, 6.07) is 7.84. The molecule has 1 aromatic carbocycles. The maximum atomic E-state index is 11.9. The Bertz CT molecular complexity index is 410. The average molecular weight is 249 g/mol. The number of carbonyl (C=O) groups is 1. The zero-order valence-electron chi connectivity index (χ0n) is 11.7. The molecular weight excluding hydrogens is 226 g/mol.